The summed E-state index contributed by atoms with van der Waals surface area (Å²) >= 11 is 5.88. The Morgan fingerprint density at radius 2 is 1.48 bits per heavy atom. The SMILES string of the molecule is O=C1[C@@H]2[C@@H](C(=O)N1Cc1ccc(Cl)cc1)[C@H]1C=C[C@H]2CC1. The zero-order chi connectivity index (χ0) is 14.6. The molecule has 2 amide bonds. The second-order valence-electron chi connectivity index (χ2n) is 6.23. The largest absolute Gasteiger partial charge is 0.278 e. The Morgan fingerprint density at radius 1 is 0.952 bits per heavy atom. The van der Waals surface area contributed by atoms with Crippen molar-refractivity contribution in [3.8, 4) is 0 Å². The van der Waals surface area contributed by atoms with Gasteiger partial charge in [-0.05, 0) is 42.4 Å². The second-order valence-corrected chi connectivity index (χ2v) is 6.67. The van der Waals surface area contributed by atoms with E-state index in [1.165, 1.54) is 4.90 Å². The van der Waals surface area contributed by atoms with E-state index in [2.05, 4.69) is 12.2 Å². The minimum Gasteiger partial charge on any atom is -0.278 e. The predicted molar refractivity (Wildman–Crippen MR) is 79.3 cm³/mol. The Morgan fingerprint density at radius 3 is 1.95 bits per heavy atom. The quantitative estimate of drug-likeness (QED) is 0.622. The molecular formula is C17H16ClNO2. The summed E-state index contributed by atoms with van der Waals surface area (Å²) in [4.78, 5) is 26.8. The summed E-state index contributed by atoms with van der Waals surface area (Å²) in [7, 11) is 0. The van der Waals surface area contributed by atoms with Crippen molar-refractivity contribution in [3.05, 3.63) is 47.0 Å². The first-order chi connectivity index (χ1) is 10.1. The number of fused-ring (bicyclic) bond motifs is 1. The summed E-state index contributed by atoms with van der Waals surface area (Å²) in [5, 5.41) is 0.661. The van der Waals surface area contributed by atoms with E-state index in [1.54, 1.807) is 12.1 Å². The summed E-state index contributed by atoms with van der Waals surface area (Å²) in [6, 6.07) is 7.33. The number of likely N-dealkylation sites (tertiary alicyclic amines) is 1. The Bertz CT molecular complexity index is 605. The maximum absolute atomic E-state index is 12.7. The minimum atomic E-state index is -0.117. The molecule has 4 heteroatoms. The standard InChI is InChI=1S/C17H16ClNO2/c18-13-7-1-10(2-8-13)9-19-16(20)14-11-3-4-12(6-5-11)15(14)17(19)21/h1-4,7-8,11-12,14-15H,5-6,9H2/t11-,12-,14-,15-/m0/s1. The van der Waals surface area contributed by atoms with Crippen molar-refractivity contribution >= 4 is 23.4 Å². The van der Waals surface area contributed by atoms with Gasteiger partial charge in [0.2, 0.25) is 11.8 Å². The highest BCUT2D eigenvalue weighted by atomic mass is 35.5. The lowest BCUT2D eigenvalue weighted by Gasteiger charge is -2.38. The number of rotatable bonds is 2. The molecule has 1 aromatic carbocycles. The van der Waals surface area contributed by atoms with Crippen LogP contribution in [0.5, 0.6) is 0 Å². The highest BCUT2D eigenvalue weighted by Gasteiger charge is 2.56. The van der Waals surface area contributed by atoms with Crippen molar-refractivity contribution in [2.75, 3.05) is 0 Å². The molecule has 5 rings (SSSR count). The Balaban J connectivity index is 1.61. The fraction of sp³-hybridized carbons (Fsp3) is 0.412. The average molecular weight is 302 g/mol. The van der Waals surface area contributed by atoms with Crippen LogP contribution in [0.25, 0.3) is 0 Å². The summed E-state index contributed by atoms with van der Waals surface area (Å²) < 4.78 is 0. The topological polar surface area (TPSA) is 37.4 Å². The zero-order valence-corrected chi connectivity index (χ0v) is 12.3. The number of nitrogens with zero attached hydrogens (tertiary/aromatic N) is 1. The number of halogens is 1. The van der Waals surface area contributed by atoms with Crippen molar-refractivity contribution in [1.82, 2.24) is 4.90 Å². The first kappa shape index (κ1) is 13.1. The molecule has 0 N–H and O–H groups in total. The van der Waals surface area contributed by atoms with Gasteiger partial charge in [-0.1, -0.05) is 35.9 Å². The molecule has 3 aliphatic carbocycles. The number of allylic oxidation sites excluding steroid dienone is 2. The third-order valence-corrected chi connectivity index (χ3v) is 5.36. The Labute approximate surface area is 128 Å². The third kappa shape index (κ3) is 1.95. The van der Waals surface area contributed by atoms with Gasteiger partial charge in [0.15, 0.2) is 0 Å². The molecule has 1 aliphatic heterocycles. The van der Waals surface area contributed by atoms with Crippen LogP contribution in [0.2, 0.25) is 5.02 Å². The van der Waals surface area contributed by atoms with E-state index < -0.39 is 0 Å². The van der Waals surface area contributed by atoms with Crippen molar-refractivity contribution < 1.29 is 9.59 Å². The van der Waals surface area contributed by atoms with E-state index >= 15 is 0 Å². The van der Waals surface area contributed by atoms with E-state index in [9.17, 15) is 9.59 Å². The van der Waals surface area contributed by atoms with E-state index in [4.69, 9.17) is 11.6 Å². The summed E-state index contributed by atoms with van der Waals surface area (Å²) in [6.45, 7) is 0.362. The summed E-state index contributed by atoms with van der Waals surface area (Å²) in [5.41, 5.74) is 0.944. The average Bonchev–Trinajstić information content (AvgIpc) is 2.78. The molecular weight excluding hydrogens is 286 g/mol. The van der Waals surface area contributed by atoms with Gasteiger partial charge in [0.05, 0.1) is 18.4 Å². The lowest BCUT2D eigenvalue weighted by molar-refractivity contribution is -0.140. The normalized spacial score (nSPS) is 33.7. The molecule has 0 aromatic heterocycles. The molecule has 21 heavy (non-hydrogen) atoms. The molecule has 0 spiro atoms. The molecule has 4 aliphatic rings. The molecule has 1 saturated heterocycles. The number of imide groups is 1. The summed E-state index contributed by atoms with van der Waals surface area (Å²) in [6.07, 6.45) is 6.37. The van der Waals surface area contributed by atoms with Gasteiger partial charge in [0.1, 0.15) is 0 Å². The van der Waals surface area contributed by atoms with Gasteiger partial charge in [-0.15, -0.1) is 0 Å². The van der Waals surface area contributed by atoms with Crippen molar-refractivity contribution in [2.24, 2.45) is 23.7 Å². The fourth-order valence-electron chi connectivity index (χ4n) is 4.06. The Hall–Kier alpha value is -1.61. The maximum Gasteiger partial charge on any atom is 0.234 e. The molecule has 1 heterocycles. The first-order valence-electron chi connectivity index (χ1n) is 7.43. The van der Waals surface area contributed by atoms with Crippen molar-refractivity contribution in [1.29, 1.82) is 0 Å². The van der Waals surface area contributed by atoms with Crippen LogP contribution in [0.15, 0.2) is 36.4 Å². The van der Waals surface area contributed by atoms with Crippen LogP contribution in [0.4, 0.5) is 0 Å². The molecule has 108 valence electrons. The van der Waals surface area contributed by atoms with Gasteiger partial charge in [0, 0.05) is 5.02 Å². The van der Waals surface area contributed by atoms with Crippen molar-refractivity contribution in [3.63, 3.8) is 0 Å². The van der Waals surface area contributed by atoms with Crippen molar-refractivity contribution in [2.45, 2.75) is 19.4 Å². The molecule has 1 aromatic rings. The van der Waals surface area contributed by atoms with E-state index in [0.717, 1.165) is 18.4 Å². The fourth-order valence-corrected chi connectivity index (χ4v) is 4.19. The number of amides is 2. The number of carbonyl (C=O) groups is 2. The number of benzene rings is 1. The minimum absolute atomic E-state index is 0.0130. The third-order valence-electron chi connectivity index (χ3n) is 5.10. The highest BCUT2D eigenvalue weighted by molar-refractivity contribution is 6.30. The number of carbonyl (C=O) groups excluding carboxylic acids is 2. The maximum atomic E-state index is 12.7. The van der Waals surface area contributed by atoms with Crippen LogP contribution in [0.3, 0.4) is 0 Å². The molecule has 4 atom stereocenters. The van der Waals surface area contributed by atoms with E-state index in [0.29, 0.717) is 11.6 Å². The molecule has 2 bridgehead atoms. The number of hydrogen-bond acceptors (Lipinski definition) is 2. The predicted octanol–water partition coefficient (Wildman–Crippen LogP) is 3.04. The first-order valence-corrected chi connectivity index (χ1v) is 7.81. The van der Waals surface area contributed by atoms with Crippen LogP contribution in [-0.2, 0) is 16.1 Å². The molecule has 2 fully saturated rings. The van der Waals surface area contributed by atoms with Crippen LogP contribution in [0, 0.1) is 23.7 Å². The van der Waals surface area contributed by atoms with E-state index in [-0.39, 0.29) is 35.5 Å². The molecule has 3 nitrogen and oxygen atoms in total. The smallest absolute Gasteiger partial charge is 0.234 e. The second kappa shape index (κ2) is 4.70. The monoisotopic (exact) mass is 301 g/mol. The van der Waals surface area contributed by atoms with Crippen LogP contribution in [0.1, 0.15) is 18.4 Å². The Kier molecular flexibility index (Phi) is 2.93. The molecule has 0 radical (unpaired) electrons. The lowest BCUT2D eigenvalue weighted by atomic mass is 9.63. The molecule has 0 unspecified atom stereocenters. The van der Waals surface area contributed by atoms with Gasteiger partial charge in [-0.25, -0.2) is 0 Å². The van der Waals surface area contributed by atoms with Crippen LogP contribution < -0.4 is 0 Å². The van der Waals surface area contributed by atoms with Crippen LogP contribution >= 0.6 is 11.6 Å². The molecule has 1 saturated carbocycles. The van der Waals surface area contributed by atoms with Gasteiger partial charge >= 0.3 is 0 Å². The van der Waals surface area contributed by atoms with Gasteiger partial charge in [0.25, 0.3) is 0 Å². The highest BCUT2D eigenvalue weighted by Crippen LogP contribution is 2.49. The summed E-state index contributed by atoms with van der Waals surface area (Å²) in [5.74, 6) is 0.304. The zero-order valence-electron chi connectivity index (χ0n) is 11.5. The lowest BCUT2D eigenvalue weighted by Crippen LogP contribution is -2.38. The van der Waals surface area contributed by atoms with Crippen LogP contribution in [-0.4, -0.2) is 16.7 Å². The van der Waals surface area contributed by atoms with Gasteiger partial charge in [-0.2, -0.15) is 0 Å². The number of hydrogen-bond donors (Lipinski definition) is 0. The van der Waals surface area contributed by atoms with Gasteiger partial charge < -0.3 is 0 Å². The van der Waals surface area contributed by atoms with E-state index in [1.807, 2.05) is 12.1 Å². The van der Waals surface area contributed by atoms with Gasteiger partial charge in [-0.3, -0.25) is 14.5 Å².